The number of para-hydroxylation sites is 2. The van der Waals surface area contributed by atoms with Crippen LogP contribution in [-0.2, 0) is 6.61 Å². The average Bonchev–Trinajstić information content (AvgIpc) is 3.33. The van der Waals surface area contributed by atoms with Crippen molar-refractivity contribution in [1.29, 1.82) is 0 Å². The minimum Gasteiger partial charge on any atom is -0.493 e. The van der Waals surface area contributed by atoms with Gasteiger partial charge >= 0.3 is 0 Å². The Kier molecular flexibility index (Phi) is 5.75. The van der Waals surface area contributed by atoms with Gasteiger partial charge in [-0.05, 0) is 48.5 Å². The highest BCUT2D eigenvalue weighted by Gasteiger charge is 2.13. The maximum Gasteiger partial charge on any atom is 0.256 e. The van der Waals surface area contributed by atoms with E-state index in [0.29, 0.717) is 22.7 Å². The van der Waals surface area contributed by atoms with E-state index >= 15 is 0 Å². The van der Waals surface area contributed by atoms with Gasteiger partial charge < -0.3 is 14.8 Å². The monoisotopic (exact) mass is 399 g/mol. The number of methoxy groups -OCH3 is 1. The van der Waals surface area contributed by atoms with Crippen LogP contribution in [0.4, 0.5) is 5.69 Å². The lowest BCUT2D eigenvalue weighted by molar-refractivity contribution is 0.102. The number of anilines is 1. The molecule has 0 bridgehead atoms. The number of rotatable bonds is 7. The lowest BCUT2D eigenvalue weighted by Crippen LogP contribution is -2.15. The van der Waals surface area contributed by atoms with Crippen molar-refractivity contribution in [3.63, 3.8) is 0 Å². The molecule has 0 fully saturated rings. The largest absolute Gasteiger partial charge is 0.493 e. The number of aromatic nitrogens is 2. The Bertz CT molecular complexity index is 1120. The van der Waals surface area contributed by atoms with Gasteiger partial charge in [0.2, 0.25) is 0 Å². The predicted molar refractivity (Wildman–Crippen MR) is 115 cm³/mol. The lowest BCUT2D eigenvalue weighted by atomic mass is 10.1. The van der Waals surface area contributed by atoms with Crippen LogP contribution in [0.3, 0.4) is 0 Å². The standard InChI is InChI=1S/C24H21N3O3/c1-29-22-9-4-5-10-23(22)30-17-18-7-2-3-8-21(18)24(28)26-19-11-13-20(14-12-19)27-16-6-15-25-27/h2-16H,17H2,1H3,(H,26,28). The van der Waals surface area contributed by atoms with Gasteiger partial charge in [0.25, 0.3) is 5.91 Å². The quantitative estimate of drug-likeness (QED) is 0.489. The highest BCUT2D eigenvalue weighted by Crippen LogP contribution is 2.27. The van der Waals surface area contributed by atoms with E-state index in [0.717, 1.165) is 11.3 Å². The molecule has 4 aromatic rings. The van der Waals surface area contributed by atoms with Crippen LogP contribution in [0.15, 0.2) is 91.3 Å². The second-order valence-corrected chi connectivity index (χ2v) is 6.55. The van der Waals surface area contributed by atoms with Crippen molar-refractivity contribution in [2.75, 3.05) is 12.4 Å². The molecule has 0 saturated carbocycles. The van der Waals surface area contributed by atoms with E-state index in [2.05, 4.69) is 10.4 Å². The molecular weight excluding hydrogens is 378 g/mol. The van der Waals surface area contributed by atoms with Crippen LogP contribution in [0.5, 0.6) is 11.5 Å². The van der Waals surface area contributed by atoms with Gasteiger partial charge in [-0.3, -0.25) is 4.79 Å². The smallest absolute Gasteiger partial charge is 0.256 e. The Morgan fingerprint density at radius 2 is 1.67 bits per heavy atom. The molecular formula is C24H21N3O3. The van der Waals surface area contributed by atoms with Gasteiger partial charge in [0, 0.05) is 29.2 Å². The third-order valence-electron chi connectivity index (χ3n) is 4.61. The van der Waals surface area contributed by atoms with Gasteiger partial charge in [0.15, 0.2) is 11.5 Å². The van der Waals surface area contributed by atoms with Gasteiger partial charge in [-0.2, -0.15) is 5.10 Å². The number of benzene rings is 3. The highest BCUT2D eigenvalue weighted by molar-refractivity contribution is 6.05. The Labute approximate surface area is 174 Å². The molecule has 1 heterocycles. The van der Waals surface area contributed by atoms with Gasteiger partial charge in [-0.25, -0.2) is 4.68 Å². The number of hydrogen-bond acceptors (Lipinski definition) is 4. The number of amides is 1. The number of nitrogens with one attached hydrogen (secondary N) is 1. The van der Waals surface area contributed by atoms with E-state index < -0.39 is 0 Å². The molecule has 0 aliphatic carbocycles. The zero-order valence-electron chi connectivity index (χ0n) is 16.5. The Morgan fingerprint density at radius 3 is 2.40 bits per heavy atom. The van der Waals surface area contributed by atoms with Crippen LogP contribution in [0.1, 0.15) is 15.9 Å². The fraction of sp³-hybridized carbons (Fsp3) is 0.0833. The predicted octanol–water partition coefficient (Wildman–Crippen LogP) is 4.71. The lowest BCUT2D eigenvalue weighted by Gasteiger charge is -2.13. The first-order valence-electron chi connectivity index (χ1n) is 9.50. The molecule has 30 heavy (non-hydrogen) atoms. The van der Waals surface area contributed by atoms with E-state index in [1.54, 1.807) is 24.1 Å². The molecule has 150 valence electrons. The van der Waals surface area contributed by atoms with E-state index in [1.165, 1.54) is 0 Å². The van der Waals surface area contributed by atoms with E-state index in [1.807, 2.05) is 79.0 Å². The molecule has 1 N–H and O–H groups in total. The first-order chi connectivity index (χ1) is 14.7. The molecule has 0 saturated heterocycles. The van der Waals surface area contributed by atoms with Crippen LogP contribution in [0, 0.1) is 0 Å². The highest BCUT2D eigenvalue weighted by atomic mass is 16.5. The summed E-state index contributed by atoms with van der Waals surface area (Å²) in [5.41, 5.74) is 2.97. The van der Waals surface area contributed by atoms with Crippen LogP contribution < -0.4 is 14.8 Å². The summed E-state index contributed by atoms with van der Waals surface area (Å²) in [5.74, 6) is 1.09. The zero-order chi connectivity index (χ0) is 20.8. The van der Waals surface area contributed by atoms with E-state index in [4.69, 9.17) is 9.47 Å². The van der Waals surface area contributed by atoms with E-state index in [9.17, 15) is 4.79 Å². The molecule has 0 radical (unpaired) electrons. The fourth-order valence-electron chi connectivity index (χ4n) is 3.08. The van der Waals surface area contributed by atoms with Crippen molar-refractivity contribution in [2.45, 2.75) is 6.61 Å². The van der Waals surface area contributed by atoms with E-state index in [-0.39, 0.29) is 12.5 Å². The first-order valence-corrected chi connectivity index (χ1v) is 9.50. The number of hydrogen-bond donors (Lipinski definition) is 1. The van der Waals surface area contributed by atoms with Crippen molar-refractivity contribution in [3.05, 3.63) is 102 Å². The average molecular weight is 399 g/mol. The third-order valence-corrected chi connectivity index (χ3v) is 4.61. The van der Waals surface area contributed by atoms with Gasteiger partial charge in [-0.1, -0.05) is 30.3 Å². The topological polar surface area (TPSA) is 65.4 Å². The molecule has 0 atom stereocenters. The first kappa shape index (κ1) is 19.3. The third kappa shape index (κ3) is 4.33. The van der Waals surface area contributed by atoms with Crippen molar-refractivity contribution in [1.82, 2.24) is 9.78 Å². The normalized spacial score (nSPS) is 10.4. The Balaban J connectivity index is 1.47. The minimum atomic E-state index is -0.193. The second-order valence-electron chi connectivity index (χ2n) is 6.55. The summed E-state index contributed by atoms with van der Waals surface area (Å²) in [7, 11) is 1.60. The van der Waals surface area contributed by atoms with Gasteiger partial charge in [-0.15, -0.1) is 0 Å². The van der Waals surface area contributed by atoms with Crippen molar-refractivity contribution < 1.29 is 14.3 Å². The zero-order valence-corrected chi connectivity index (χ0v) is 16.5. The SMILES string of the molecule is COc1ccccc1OCc1ccccc1C(=O)Nc1ccc(-n2cccn2)cc1. The molecule has 0 aliphatic rings. The summed E-state index contributed by atoms with van der Waals surface area (Å²) in [6.45, 7) is 0.252. The summed E-state index contributed by atoms with van der Waals surface area (Å²) >= 11 is 0. The number of carbonyl (C=O) groups is 1. The molecule has 6 nitrogen and oxygen atoms in total. The fourth-order valence-corrected chi connectivity index (χ4v) is 3.08. The van der Waals surface area contributed by atoms with Gasteiger partial charge in [0.1, 0.15) is 6.61 Å². The summed E-state index contributed by atoms with van der Waals surface area (Å²) < 4.78 is 13.0. The second kappa shape index (κ2) is 8.96. The van der Waals surface area contributed by atoms with Crippen molar-refractivity contribution in [2.24, 2.45) is 0 Å². The van der Waals surface area contributed by atoms with Crippen LogP contribution in [0.2, 0.25) is 0 Å². The Hall–Kier alpha value is -4.06. The van der Waals surface area contributed by atoms with Crippen molar-refractivity contribution >= 4 is 11.6 Å². The molecule has 0 unspecified atom stereocenters. The van der Waals surface area contributed by atoms with Crippen molar-refractivity contribution in [3.8, 4) is 17.2 Å². The Morgan fingerprint density at radius 1 is 0.933 bits per heavy atom. The molecule has 6 heteroatoms. The molecule has 1 amide bonds. The molecule has 1 aromatic heterocycles. The number of carbonyl (C=O) groups excluding carboxylic acids is 1. The maximum absolute atomic E-state index is 12.9. The molecule has 4 rings (SSSR count). The number of nitrogens with zero attached hydrogens (tertiary/aromatic N) is 2. The van der Waals surface area contributed by atoms with Crippen LogP contribution in [-0.4, -0.2) is 22.8 Å². The number of ether oxygens (including phenoxy) is 2. The summed E-state index contributed by atoms with van der Waals surface area (Å²) in [6.07, 6.45) is 3.59. The van der Waals surface area contributed by atoms with Crippen LogP contribution >= 0.6 is 0 Å². The van der Waals surface area contributed by atoms with Gasteiger partial charge in [0.05, 0.1) is 12.8 Å². The van der Waals surface area contributed by atoms with Crippen LogP contribution in [0.25, 0.3) is 5.69 Å². The summed E-state index contributed by atoms with van der Waals surface area (Å²) in [5, 5.41) is 7.14. The maximum atomic E-state index is 12.9. The molecule has 0 spiro atoms. The summed E-state index contributed by atoms with van der Waals surface area (Å²) in [6, 6.07) is 24.2. The summed E-state index contributed by atoms with van der Waals surface area (Å²) in [4.78, 5) is 12.9. The minimum absolute atomic E-state index is 0.193. The molecule has 0 aliphatic heterocycles. The molecule has 3 aromatic carbocycles.